The number of hydrogen-bond donors (Lipinski definition) is 2. The van der Waals surface area contributed by atoms with Crippen molar-refractivity contribution >= 4 is 28.3 Å². The van der Waals surface area contributed by atoms with E-state index in [2.05, 4.69) is 77.9 Å². The fourth-order valence-corrected chi connectivity index (χ4v) is 5.61. The lowest BCUT2D eigenvalue weighted by atomic mass is 9.80. The van der Waals surface area contributed by atoms with E-state index in [-0.39, 0.29) is 18.4 Å². The predicted octanol–water partition coefficient (Wildman–Crippen LogP) is 4.34. The summed E-state index contributed by atoms with van der Waals surface area (Å²) in [5, 5.41) is 7.74. The molecule has 1 aromatic carbocycles. The first kappa shape index (κ1) is 29.8. The number of morpholine rings is 1. The lowest BCUT2D eigenvalue weighted by Gasteiger charge is -2.41. The minimum atomic E-state index is -0.818. The van der Waals surface area contributed by atoms with E-state index in [1.54, 1.807) is 6.20 Å². The van der Waals surface area contributed by atoms with Gasteiger partial charge in [0.05, 0.1) is 33.5 Å². The van der Waals surface area contributed by atoms with Gasteiger partial charge in [-0.05, 0) is 53.8 Å². The Bertz CT molecular complexity index is 1430. The van der Waals surface area contributed by atoms with E-state index in [1.807, 2.05) is 12.3 Å². The summed E-state index contributed by atoms with van der Waals surface area (Å²) < 4.78 is 17.0. The van der Waals surface area contributed by atoms with Crippen LogP contribution in [0.25, 0.3) is 16.5 Å². The summed E-state index contributed by atoms with van der Waals surface area (Å²) in [6.45, 7) is 10.1. The molecule has 5 rings (SSSR count). The van der Waals surface area contributed by atoms with E-state index in [1.165, 1.54) is 23.8 Å². The maximum absolute atomic E-state index is 11.5. The molecule has 2 atom stereocenters. The standard InChI is InChI=1S/C33H41N5O4/c1-24-8-4-5-9-28(24)29-10-6-12-33(25(29)2,42-17-7-14-38-15-18-41-19-16-38)37-32-31-27(11-13-35-32)20-26(22-36-31)21-34-23-30(39)40-3/h4-6,8-13,20,22,25,34H,7,14-19,21,23H2,1-3H3,(H,35,37). The Kier molecular flexibility index (Phi) is 9.97. The minimum absolute atomic E-state index is 0.00848. The molecule has 9 heteroatoms. The van der Waals surface area contributed by atoms with Gasteiger partial charge in [0.1, 0.15) is 5.52 Å². The molecule has 2 N–H and O–H groups in total. The number of hydrogen-bond acceptors (Lipinski definition) is 9. The Morgan fingerprint density at radius 3 is 2.83 bits per heavy atom. The van der Waals surface area contributed by atoms with Gasteiger partial charge in [-0.1, -0.05) is 43.3 Å². The fourth-order valence-electron chi connectivity index (χ4n) is 5.61. The molecule has 0 spiro atoms. The summed E-state index contributed by atoms with van der Waals surface area (Å²) in [6, 6.07) is 12.5. The van der Waals surface area contributed by atoms with Gasteiger partial charge in [0.25, 0.3) is 0 Å². The molecule has 9 nitrogen and oxygen atoms in total. The van der Waals surface area contributed by atoms with Crippen molar-refractivity contribution in [3.8, 4) is 0 Å². The van der Waals surface area contributed by atoms with Crippen LogP contribution in [0.4, 0.5) is 5.82 Å². The van der Waals surface area contributed by atoms with Crippen molar-refractivity contribution in [1.82, 2.24) is 20.2 Å². The molecule has 0 amide bonds. The average molecular weight is 572 g/mol. The molecule has 222 valence electrons. The number of allylic oxidation sites excluding steroid dienone is 2. The third-order valence-corrected chi connectivity index (χ3v) is 8.04. The molecule has 2 aromatic heterocycles. The van der Waals surface area contributed by atoms with Crippen molar-refractivity contribution in [2.75, 3.05) is 58.4 Å². The second-order valence-electron chi connectivity index (χ2n) is 10.8. The number of aryl methyl sites for hydroxylation is 1. The van der Waals surface area contributed by atoms with Crippen molar-refractivity contribution in [2.45, 2.75) is 32.5 Å². The largest absolute Gasteiger partial charge is 0.468 e. The Morgan fingerprint density at radius 2 is 2.02 bits per heavy atom. The van der Waals surface area contributed by atoms with Crippen LogP contribution in [-0.2, 0) is 25.5 Å². The number of rotatable bonds is 12. The Labute approximate surface area is 248 Å². The van der Waals surface area contributed by atoms with E-state index in [0.717, 1.165) is 55.7 Å². The monoisotopic (exact) mass is 571 g/mol. The summed E-state index contributed by atoms with van der Waals surface area (Å²) in [4.78, 5) is 23.4. The van der Waals surface area contributed by atoms with Crippen molar-refractivity contribution in [3.05, 3.63) is 83.7 Å². The molecule has 1 aliphatic heterocycles. The average Bonchev–Trinajstić information content (AvgIpc) is 3.01. The van der Waals surface area contributed by atoms with Gasteiger partial charge in [0.2, 0.25) is 0 Å². The molecule has 2 unspecified atom stereocenters. The van der Waals surface area contributed by atoms with Crippen LogP contribution in [0.15, 0.2) is 67.0 Å². The molecule has 0 bridgehead atoms. The topological polar surface area (TPSA) is 97.8 Å². The highest BCUT2D eigenvalue weighted by Crippen LogP contribution is 2.40. The molecule has 0 radical (unpaired) electrons. The summed E-state index contributed by atoms with van der Waals surface area (Å²) in [7, 11) is 1.38. The summed E-state index contributed by atoms with van der Waals surface area (Å²) in [5.74, 6) is 0.353. The van der Waals surface area contributed by atoms with Gasteiger partial charge in [-0.2, -0.15) is 0 Å². The predicted molar refractivity (Wildman–Crippen MR) is 165 cm³/mol. The molecular weight excluding hydrogens is 530 g/mol. The fraction of sp³-hybridized carbons (Fsp3) is 0.424. The molecule has 2 aliphatic rings. The van der Waals surface area contributed by atoms with E-state index in [0.29, 0.717) is 19.0 Å². The van der Waals surface area contributed by atoms with E-state index >= 15 is 0 Å². The zero-order chi connectivity index (χ0) is 29.4. The van der Waals surface area contributed by atoms with Crippen LogP contribution in [0, 0.1) is 12.8 Å². The first-order valence-electron chi connectivity index (χ1n) is 14.7. The highest BCUT2D eigenvalue weighted by molar-refractivity contribution is 5.89. The zero-order valence-corrected chi connectivity index (χ0v) is 24.8. The highest BCUT2D eigenvalue weighted by atomic mass is 16.5. The third kappa shape index (κ3) is 7.04. The maximum Gasteiger partial charge on any atom is 0.319 e. The van der Waals surface area contributed by atoms with Gasteiger partial charge in [0, 0.05) is 49.9 Å². The van der Waals surface area contributed by atoms with Crippen LogP contribution < -0.4 is 10.6 Å². The second kappa shape index (κ2) is 14.0. The molecule has 1 fully saturated rings. The number of ether oxygens (including phenoxy) is 3. The van der Waals surface area contributed by atoms with Gasteiger partial charge in [-0.25, -0.2) is 4.98 Å². The van der Waals surface area contributed by atoms with Gasteiger partial charge in [-0.3, -0.25) is 14.7 Å². The number of nitrogens with zero attached hydrogens (tertiary/aromatic N) is 3. The van der Waals surface area contributed by atoms with Crippen LogP contribution in [0.2, 0.25) is 0 Å². The van der Waals surface area contributed by atoms with Crippen LogP contribution in [0.5, 0.6) is 0 Å². The number of esters is 1. The number of methoxy groups -OCH3 is 1. The van der Waals surface area contributed by atoms with Gasteiger partial charge in [0.15, 0.2) is 11.5 Å². The third-order valence-electron chi connectivity index (χ3n) is 8.04. The highest BCUT2D eigenvalue weighted by Gasteiger charge is 2.40. The lowest BCUT2D eigenvalue weighted by Crippen LogP contribution is -2.48. The van der Waals surface area contributed by atoms with Crippen LogP contribution >= 0.6 is 0 Å². The van der Waals surface area contributed by atoms with Crippen LogP contribution in [-0.4, -0.2) is 79.7 Å². The minimum Gasteiger partial charge on any atom is -0.468 e. The zero-order valence-electron chi connectivity index (χ0n) is 24.8. The number of aromatic nitrogens is 2. The van der Waals surface area contributed by atoms with Crippen LogP contribution in [0.3, 0.4) is 0 Å². The van der Waals surface area contributed by atoms with Gasteiger partial charge >= 0.3 is 5.97 Å². The van der Waals surface area contributed by atoms with Gasteiger partial charge in [-0.15, -0.1) is 0 Å². The smallest absolute Gasteiger partial charge is 0.319 e. The molecule has 3 heterocycles. The van der Waals surface area contributed by atoms with Crippen LogP contribution in [0.1, 0.15) is 30.0 Å². The molecule has 0 saturated carbocycles. The summed E-state index contributed by atoms with van der Waals surface area (Å²) in [5.41, 5.74) is 4.56. The number of pyridine rings is 2. The second-order valence-corrected chi connectivity index (χ2v) is 10.8. The first-order chi connectivity index (χ1) is 20.5. The molecular formula is C33H41N5O4. The Hall–Kier alpha value is -3.63. The quantitative estimate of drug-likeness (QED) is 0.187. The SMILES string of the molecule is COC(=O)CNCc1cnc2c(NC3(OCCCN4CCOCC4)C=CC=C(c4ccccc4C)C3C)nccc2c1. The van der Waals surface area contributed by atoms with Gasteiger partial charge < -0.3 is 24.8 Å². The van der Waals surface area contributed by atoms with E-state index in [9.17, 15) is 4.79 Å². The molecule has 42 heavy (non-hydrogen) atoms. The summed E-state index contributed by atoms with van der Waals surface area (Å²) in [6.07, 6.45) is 10.9. The summed E-state index contributed by atoms with van der Waals surface area (Å²) >= 11 is 0. The van der Waals surface area contributed by atoms with Crippen molar-refractivity contribution in [1.29, 1.82) is 0 Å². The number of benzene rings is 1. The first-order valence-corrected chi connectivity index (χ1v) is 14.7. The Balaban J connectivity index is 1.39. The Morgan fingerprint density at radius 1 is 1.19 bits per heavy atom. The van der Waals surface area contributed by atoms with Crippen molar-refractivity contribution in [3.63, 3.8) is 0 Å². The van der Waals surface area contributed by atoms with Crippen molar-refractivity contribution < 1.29 is 19.0 Å². The lowest BCUT2D eigenvalue weighted by molar-refractivity contribution is -0.139. The normalized spacial score (nSPS) is 20.8. The van der Waals surface area contributed by atoms with Crippen molar-refractivity contribution in [2.24, 2.45) is 5.92 Å². The number of carbonyl (C=O) groups excluding carboxylic acids is 1. The molecule has 1 aliphatic carbocycles. The molecule has 1 saturated heterocycles. The maximum atomic E-state index is 11.5. The van der Waals surface area contributed by atoms with E-state index < -0.39 is 5.72 Å². The molecule has 3 aromatic rings. The number of fused-ring (bicyclic) bond motifs is 1. The number of anilines is 1. The number of nitrogens with one attached hydrogen (secondary N) is 2. The van der Waals surface area contributed by atoms with E-state index in [4.69, 9.17) is 24.2 Å². The number of carbonyl (C=O) groups is 1.